The molecule has 3 aromatic rings. The van der Waals surface area contributed by atoms with E-state index in [0.29, 0.717) is 11.1 Å². The molecule has 0 unspecified atom stereocenters. The van der Waals surface area contributed by atoms with Gasteiger partial charge in [0.2, 0.25) is 17.6 Å². The van der Waals surface area contributed by atoms with Gasteiger partial charge in [0.25, 0.3) is 17.4 Å². The van der Waals surface area contributed by atoms with E-state index in [1.54, 1.807) is 38.1 Å². The number of hydrogen-bond acceptors (Lipinski definition) is 7. The number of carbonyl (C=O) groups is 5. The van der Waals surface area contributed by atoms with E-state index >= 15 is 0 Å². The number of hydrogen-bond donors (Lipinski definition) is 4. The number of para-hydroxylation sites is 1. The second kappa shape index (κ2) is 11.8. The van der Waals surface area contributed by atoms with E-state index in [0.717, 1.165) is 9.95 Å². The Balaban J connectivity index is 1.84. The van der Waals surface area contributed by atoms with E-state index in [4.69, 9.17) is 10.2 Å². The first-order valence-electron chi connectivity index (χ1n) is 11.5. The molecule has 2 heterocycles. The Labute approximate surface area is 211 Å². The standard InChI is InChI=1S/C25H27N5O7/c1-3-27-23(34)18(31)11-10-16(22(33)29-17-8-6-12-30(25(17)36)13-20(26)32)28-24(35)21-14(2)15-7-4-5-9-19(15)37-21/h4-9,12,16H,3,10-11,13H2,1-2H3,(H2,26,32)(H,27,34)(H,28,35)(H,29,33)/t16-/m0/s1. The average Bonchev–Trinajstić information content (AvgIpc) is 3.20. The number of pyridine rings is 1. The lowest BCUT2D eigenvalue weighted by Crippen LogP contribution is -2.45. The number of carbonyl (C=O) groups excluding carboxylic acids is 5. The zero-order valence-corrected chi connectivity index (χ0v) is 20.3. The number of furan rings is 1. The largest absolute Gasteiger partial charge is 0.451 e. The molecule has 1 aromatic carbocycles. The highest BCUT2D eigenvalue weighted by Crippen LogP contribution is 2.25. The number of amides is 4. The maximum atomic E-state index is 13.1. The molecule has 0 saturated heterocycles. The second-order valence-corrected chi connectivity index (χ2v) is 8.21. The Morgan fingerprint density at radius 2 is 1.81 bits per heavy atom. The van der Waals surface area contributed by atoms with Gasteiger partial charge < -0.3 is 30.7 Å². The Kier molecular flexibility index (Phi) is 8.56. The van der Waals surface area contributed by atoms with Crippen LogP contribution in [0.2, 0.25) is 0 Å². The summed E-state index contributed by atoms with van der Waals surface area (Å²) in [6, 6.07) is 8.47. The summed E-state index contributed by atoms with van der Waals surface area (Å²) < 4.78 is 6.67. The summed E-state index contributed by atoms with van der Waals surface area (Å²) in [6.45, 7) is 3.21. The van der Waals surface area contributed by atoms with E-state index in [2.05, 4.69) is 16.0 Å². The number of ketones is 1. The Hall–Kier alpha value is -4.74. The maximum absolute atomic E-state index is 13.1. The predicted octanol–water partition coefficient (Wildman–Crippen LogP) is 0.611. The zero-order chi connectivity index (χ0) is 27.1. The normalized spacial score (nSPS) is 11.5. The van der Waals surface area contributed by atoms with Crippen molar-refractivity contribution in [2.45, 2.75) is 39.3 Å². The van der Waals surface area contributed by atoms with Crippen molar-refractivity contribution in [2.24, 2.45) is 5.73 Å². The smallest absolute Gasteiger partial charge is 0.287 e. The minimum absolute atomic E-state index is 0.0161. The van der Waals surface area contributed by atoms with E-state index in [1.807, 2.05) is 0 Å². The monoisotopic (exact) mass is 509 g/mol. The summed E-state index contributed by atoms with van der Waals surface area (Å²) >= 11 is 0. The number of rotatable bonds is 11. The number of anilines is 1. The first kappa shape index (κ1) is 26.9. The fourth-order valence-corrected chi connectivity index (χ4v) is 3.68. The van der Waals surface area contributed by atoms with Crippen molar-refractivity contribution in [3.05, 3.63) is 64.3 Å². The van der Waals surface area contributed by atoms with Crippen molar-refractivity contribution in [3.8, 4) is 0 Å². The number of aromatic nitrogens is 1. The van der Waals surface area contributed by atoms with Gasteiger partial charge in [0.05, 0.1) is 0 Å². The van der Waals surface area contributed by atoms with Crippen LogP contribution < -0.4 is 27.2 Å². The highest BCUT2D eigenvalue weighted by molar-refractivity contribution is 6.36. The minimum atomic E-state index is -1.30. The van der Waals surface area contributed by atoms with Gasteiger partial charge in [-0.3, -0.25) is 28.8 Å². The molecule has 37 heavy (non-hydrogen) atoms. The Bertz CT molecular complexity index is 1420. The summed E-state index contributed by atoms with van der Waals surface area (Å²) in [5.74, 6) is -3.85. The van der Waals surface area contributed by atoms with Crippen molar-refractivity contribution < 1.29 is 28.4 Å². The van der Waals surface area contributed by atoms with E-state index in [9.17, 15) is 28.8 Å². The lowest BCUT2D eigenvalue weighted by molar-refractivity contribution is -0.138. The van der Waals surface area contributed by atoms with Crippen LogP contribution >= 0.6 is 0 Å². The molecule has 2 aromatic heterocycles. The molecule has 0 aliphatic carbocycles. The van der Waals surface area contributed by atoms with Gasteiger partial charge in [0.1, 0.15) is 23.9 Å². The number of nitrogens with zero attached hydrogens (tertiary/aromatic N) is 1. The van der Waals surface area contributed by atoms with Crippen molar-refractivity contribution in [1.82, 2.24) is 15.2 Å². The third-order valence-electron chi connectivity index (χ3n) is 5.53. The first-order valence-corrected chi connectivity index (χ1v) is 11.5. The molecule has 3 rings (SSSR count). The maximum Gasteiger partial charge on any atom is 0.287 e. The second-order valence-electron chi connectivity index (χ2n) is 8.21. The van der Waals surface area contributed by atoms with Crippen LogP contribution in [0, 0.1) is 6.92 Å². The van der Waals surface area contributed by atoms with Crippen LogP contribution in [0.25, 0.3) is 11.0 Å². The highest BCUT2D eigenvalue weighted by atomic mass is 16.3. The van der Waals surface area contributed by atoms with Gasteiger partial charge in [-0.1, -0.05) is 18.2 Å². The summed E-state index contributed by atoms with van der Waals surface area (Å²) in [5, 5.41) is 8.06. The lowest BCUT2D eigenvalue weighted by Gasteiger charge is -2.18. The molecule has 0 aliphatic rings. The third-order valence-corrected chi connectivity index (χ3v) is 5.53. The quantitative estimate of drug-likeness (QED) is 0.273. The molecule has 4 amide bonds. The molecule has 0 bridgehead atoms. The molecular weight excluding hydrogens is 482 g/mol. The lowest BCUT2D eigenvalue weighted by atomic mass is 10.1. The molecule has 194 valence electrons. The van der Waals surface area contributed by atoms with Gasteiger partial charge in [0, 0.05) is 30.1 Å². The number of benzene rings is 1. The first-order chi connectivity index (χ1) is 17.6. The van der Waals surface area contributed by atoms with Gasteiger partial charge in [-0.15, -0.1) is 0 Å². The number of likely N-dealkylation sites (N-methyl/N-ethyl adjacent to an activating group) is 1. The van der Waals surface area contributed by atoms with Gasteiger partial charge in [-0.2, -0.15) is 0 Å². The number of nitrogens with two attached hydrogens (primary N) is 1. The highest BCUT2D eigenvalue weighted by Gasteiger charge is 2.27. The van der Waals surface area contributed by atoms with Crippen LogP contribution in [0.15, 0.2) is 51.8 Å². The number of fused-ring (bicyclic) bond motifs is 1. The fourth-order valence-electron chi connectivity index (χ4n) is 3.68. The van der Waals surface area contributed by atoms with Crippen molar-refractivity contribution in [3.63, 3.8) is 0 Å². The van der Waals surface area contributed by atoms with Crippen molar-refractivity contribution in [1.29, 1.82) is 0 Å². The topological polar surface area (TPSA) is 183 Å². The number of nitrogens with one attached hydrogen (secondary N) is 3. The fraction of sp³-hybridized carbons (Fsp3) is 0.280. The van der Waals surface area contributed by atoms with Gasteiger partial charge in [-0.25, -0.2) is 0 Å². The molecule has 0 aliphatic heterocycles. The van der Waals surface area contributed by atoms with E-state index in [1.165, 1.54) is 18.3 Å². The molecule has 0 radical (unpaired) electrons. The molecule has 0 spiro atoms. The number of aryl methyl sites for hydroxylation is 1. The van der Waals surface area contributed by atoms with Gasteiger partial charge in [-0.05, 0) is 38.5 Å². The Morgan fingerprint density at radius 3 is 2.49 bits per heavy atom. The summed E-state index contributed by atoms with van der Waals surface area (Å²) in [4.78, 5) is 74.0. The molecule has 0 fully saturated rings. The molecule has 12 nitrogen and oxygen atoms in total. The van der Waals surface area contributed by atoms with Crippen LogP contribution in [0.3, 0.4) is 0 Å². The predicted molar refractivity (Wildman–Crippen MR) is 134 cm³/mol. The summed E-state index contributed by atoms with van der Waals surface area (Å²) in [7, 11) is 0. The van der Waals surface area contributed by atoms with Gasteiger partial charge >= 0.3 is 0 Å². The van der Waals surface area contributed by atoms with E-state index in [-0.39, 0.29) is 30.8 Å². The Morgan fingerprint density at radius 1 is 1.08 bits per heavy atom. The summed E-state index contributed by atoms with van der Waals surface area (Å²) in [6.07, 6.45) is 0.760. The molecule has 0 saturated carbocycles. The van der Waals surface area contributed by atoms with Crippen molar-refractivity contribution in [2.75, 3.05) is 11.9 Å². The van der Waals surface area contributed by atoms with Crippen LogP contribution in [0.1, 0.15) is 35.9 Å². The average molecular weight is 510 g/mol. The van der Waals surface area contributed by atoms with Crippen LogP contribution in [0.4, 0.5) is 5.69 Å². The number of primary amides is 1. The van der Waals surface area contributed by atoms with Crippen LogP contribution in [-0.2, 0) is 25.7 Å². The van der Waals surface area contributed by atoms with Crippen LogP contribution in [-0.4, -0.2) is 46.6 Å². The molecule has 5 N–H and O–H groups in total. The molecular formula is C25H27N5O7. The van der Waals surface area contributed by atoms with Gasteiger partial charge in [0.15, 0.2) is 5.76 Å². The molecule has 12 heteroatoms. The third kappa shape index (κ3) is 6.48. The summed E-state index contributed by atoms with van der Waals surface area (Å²) in [5.41, 5.74) is 5.34. The van der Waals surface area contributed by atoms with Crippen LogP contribution in [0.5, 0.6) is 0 Å². The minimum Gasteiger partial charge on any atom is -0.451 e. The zero-order valence-electron chi connectivity index (χ0n) is 20.3. The molecule has 1 atom stereocenters. The SMILES string of the molecule is CCNC(=O)C(=O)CC[C@H](NC(=O)c1oc2ccccc2c1C)C(=O)Nc1cccn(CC(N)=O)c1=O. The number of Topliss-reactive ketones (excluding diaryl/α,β-unsaturated/α-hetero) is 1. The van der Waals surface area contributed by atoms with Crippen molar-refractivity contribution >= 4 is 46.1 Å². The van der Waals surface area contributed by atoms with E-state index < -0.39 is 47.6 Å².